The monoisotopic (exact) mass is 339 g/mol. The van der Waals surface area contributed by atoms with Gasteiger partial charge < -0.3 is 9.47 Å². The van der Waals surface area contributed by atoms with Crippen LogP contribution in [0.4, 0.5) is 0 Å². The first-order chi connectivity index (χ1) is 11.7. The van der Waals surface area contributed by atoms with Crippen molar-refractivity contribution in [3.8, 4) is 11.5 Å². The molecule has 2 aromatic carbocycles. The van der Waals surface area contributed by atoms with Gasteiger partial charge in [-0.3, -0.25) is 9.78 Å². The van der Waals surface area contributed by atoms with Gasteiger partial charge in [0.15, 0.2) is 5.78 Å². The van der Waals surface area contributed by atoms with Gasteiger partial charge in [0.25, 0.3) is 0 Å². The molecule has 24 heavy (non-hydrogen) atoms. The second-order valence-electron chi connectivity index (χ2n) is 5.11. The average Bonchev–Trinajstić information content (AvgIpc) is 2.65. The second kappa shape index (κ2) is 7.36. The fourth-order valence-electron chi connectivity index (χ4n) is 2.44. The molecule has 3 aromatic rings. The lowest BCUT2D eigenvalue weighted by Crippen LogP contribution is -2.05. The first-order valence-electron chi connectivity index (χ1n) is 7.44. The molecule has 0 radical (unpaired) electrons. The molecule has 0 saturated heterocycles. The van der Waals surface area contributed by atoms with Crippen LogP contribution in [0.5, 0.6) is 11.5 Å². The Balaban J connectivity index is 1.80. The molecule has 5 heteroatoms. The Kier molecular flexibility index (Phi) is 5.01. The molecule has 0 aliphatic rings. The van der Waals surface area contributed by atoms with Crippen LogP contribution in [0.15, 0.2) is 59.6 Å². The molecule has 0 bridgehead atoms. The third kappa shape index (κ3) is 3.36. The summed E-state index contributed by atoms with van der Waals surface area (Å²) < 4.78 is 10.5. The van der Waals surface area contributed by atoms with Gasteiger partial charge in [-0.05, 0) is 24.3 Å². The number of rotatable bonds is 6. The van der Waals surface area contributed by atoms with Crippen molar-refractivity contribution in [3.05, 3.63) is 60.3 Å². The summed E-state index contributed by atoms with van der Waals surface area (Å²) in [5.74, 6) is 1.51. The van der Waals surface area contributed by atoms with Crippen molar-refractivity contribution in [3.63, 3.8) is 0 Å². The van der Waals surface area contributed by atoms with E-state index in [1.54, 1.807) is 38.6 Å². The number of fused-ring (bicyclic) bond motifs is 1. The number of nitrogens with zero attached hydrogens (tertiary/aromatic N) is 1. The van der Waals surface area contributed by atoms with Gasteiger partial charge in [-0.25, -0.2) is 0 Å². The highest BCUT2D eigenvalue weighted by Crippen LogP contribution is 2.29. The van der Waals surface area contributed by atoms with E-state index in [-0.39, 0.29) is 5.78 Å². The molecule has 0 spiro atoms. The van der Waals surface area contributed by atoms with Gasteiger partial charge in [0.1, 0.15) is 11.5 Å². The summed E-state index contributed by atoms with van der Waals surface area (Å²) in [7, 11) is 3.13. The number of pyridine rings is 1. The summed E-state index contributed by atoms with van der Waals surface area (Å²) in [5, 5.41) is 1.07. The van der Waals surface area contributed by atoms with E-state index in [2.05, 4.69) is 4.98 Å². The highest BCUT2D eigenvalue weighted by molar-refractivity contribution is 8.00. The lowest BCUT2D eigenvalue weighted by atomic mass is 10.1. The quantitative estimate of drug-likeness (QED) is 0.497. The first-order valence-corrected chi connectivity index (χ1v) is 8.43. The molecule has 3 rings (SSSR count). The van der Waals surface area contributed by atoms with Crippen LogP contribution in [0.1, 0.15) is 10.4 Å². The number of hydrogen-bond donors (Lipinski definition) is 0. The number of para-hydroxylation sites is 1. The first kappa shape index (κ1) is 16.3. The maximum atomic E-state index is 12.6. The molecular weight excluding hydrogens is 322 g/mol. The molecular formula is C19H17NO3S. The van der Waals surface area contributed by atoms with E-state index in [1.807, 2.05) is 30.3 Å². The molecule has 0 saturated carbocycles. The zero-order chi connectivity index (χ0) is 16.9. The molecule has 0 aliphatic carbocycles. The van der Waals surface area contributed by atoms with E-state index in [1.165, 1.54) is 11.8 Å². The van der Waals surface area contributed by atoms with Crippen molar-refractivity contribution in [1.29, 1.82) is 0 Å². The summed E-state index contributed by atoms with van der Waals surface area (Å²) in [5.41, 5.74) is 1.47. The van der Waals surface area contributed by atoms with Gasteiger partial charge >= 0.3 is 0 Å². The molecule has 0 atom stereocenters. The minimum atomic E-state index is 0.00689. The number of aromatic nitrogens is 1. The van der Waals surface area contributed by atoms with Gasteiger partial charge in [-0.2, -0.15) is 0 Å². The van der Waals surface area contributed by atoms with E-state index in [4.69, 9.17) is 9.47 Å². The topological polar surface area (TPSA) is 48.4 Å². The molecule has 0 N–H and O–H groups in total. The SMILES string of the molecule is COc1ccc(C(=O)CSc2cccc3cccnc23)c(OC)c1. The van der Waals surface area contributed by atoms with E-state index in [9.17, 15) is 4.79 Å². The Hall–Kier alpha value is -2.53. The number of methoxy groups -OCH3 is 2. The molecule has 0 amide bonds. The van der Waals surface area contributed by atoms with Crippen LogP contribution in [0.25, 0.3) is 10.9 Å². The van der Waals surface area contributed by atoms with Gasteiger partial charge in [0.2, 0.25) is 0 Å². The Morgan fingerprint density at radius 2 is 1.92 bits per heavy atom. The largest absolute Gasteiger partial charge is 0.497 e. The molecule has 0 aliphatic heterocycles. The van der Waals surface area contributed by atoms with Gasteiger partial charge in [-0.1, -0.05) is 18.2 Å². The Morgan fingerprint density at radius 3 is 2.71 bits per heavy atom. The van der Waals surface area contributed by atoms with Gasteiger partial charge in [-0.15, -0.1) is 11.8 Å². The molecule has 1 aromatic heterocycles. The number of ketones is 1. The normalized spacial score (nSPS) is 10.6. The van der Waals surface area contributed by atoms with Crippen LogP contribution in [0.3, 0.4) is 0 Å². The summed E-state index contributed by atoms with van der Waals surface area (Å²) in [6, 6.07) is 15.1. The Bertz CT molecular complexity index is 874. The van der Waals surface area contributed by atoms with E-state index < -0.39 is 0 Å². The Morgan fingerprint density at radius 1 is 1.08 bits per heavy atom. The molecule has 4 nitrogen and oxygen atoms in total. The van der Waals surface area contributed by atoms with E-state index in [0.717, 1.165) is 15.8 Å². The summed E-state index contributed by atoms with van der Waals surface area (Å²) in [4.78, 5) is 18.0. The smallest absolute Gasteiger partial charge is 0.176 e. The standard InChI is InChI=1S/C19H17NO3S/c1-22-14-8-9-15(17(11-14)23-2)16(21)12-24-18-7-3-5-13-6-4-10-20-19(13)18/h3-11H,12H2,1-2H3. The summed E-state index contributed by atoms with van der Waals surface area (Å²) >= 11 is 1.48. The third-order valence-corrected chi connectivity index (χ3v) is 4.71. The number of hydrogen-bond acceptors (Lipinski definition) is 5. The fraction of sp³-hybridized carbons (Fsp3) is 0.158. The maximum Gasteiger partial charge on any atom is 0.176 e. The predicted octanol–water partition coefficient (Wildman–Crippen LogP) is 4.23. The number of carbonyl (C=O) groups is 1. The number of Topliss-reactive ketones (excluding diaryl/α,β-unsaturated/α-hetero) is 1. The summed E-state index contributed by atoms with van der Waals surface area (Å²) in [6.45, 7) is 0. The average molecular weight is 339 g/mol. The lowest BCUT2D eigenvalue weighted by Gasteiger charge is -2.10. The van der Waals surface area contributed by atoms with Gasteiger partial charge in [0, 0.05) is 22.5 Å². The van der Waals surface area contributed by atoms with Crippen molar-refractivity contribution in [2.45, 2.75) is 4.90 Å². The van der Waals surface area contributed by atoms with Crippen molar-refractivity contribution in [2.24, 2.45) is 0 Å². The van der Waals surface area contributed by atoms with E-state index in [0.29, 0.717) is 22.8 Å². The number of ether oxygens (including phenoxy) is 2. The predicted molar refractivity (Wildman–Crippen MR) is 96.3 cm³/mol. The number of thioether (sulfide) groups is 1. The third-order valence-electron chi connectivity index (χ3n) is 3.66. The van der Waals surface area contributed by atoms with Crippen LogP contribution in [-0.2, 0) is 0 Å². The van der Waals surface area contributed by atoms with Crippen LogP contribution < -0.4 is 9.47 Å². The van der Waals surface area contributed by atoms with E-state index >= 15 is 0 Å². The fourth-order valence-corrected chi connectivity index (χ4v) is 3.37. The zero-order valence-corrected chi connectivity index (χ0v) is 14.3. The summed E-state index contributed by atoms with van der Waals surface area (Å²) in [6.07, 6.45) is 1.76. The number of carbonyl (C=O) groups excluding carboxylic acids is 1. The minimum absolute atomic E-state index is 0.00689. The molecule has 0 fully saturated rings. The van der Waals surface area contributed by atoms with Crippen LogP contribution >= 0.6 is 11.8 Å². The number of benzene rings is 2. The van der Waals surface area contributed by atoms with Crippen LogP contribution in [-0.4, -0.2) is 30.7 Å². The van der Waals surface area contributed by atoms with Crippen molar-refractivity contribution in [2.75, 3.05) is 20.0 Å². The van der Waals surface area contributed by atoms with Crippen LogP contribution in [0.2, 0.25) is 0 Å². The van der Waals surface area contributed by atoms with Gasteiger partial charge in [0.05, 0.1) is 31.1 Å². The molecule has 1 heterocycles. The molecule has 0 unspecified atom stereocenters. The lowest BCUT2D eigenvalue weighted by molar-refractivity contribution is 0.101. The van der Waals surface area contributed by atoms with Crippen LogP contribution in [0, 0.1) is 0 Å². The molecule has 122 valence electrons. The van der Waals surface area contributed by atoms with Crippen molar-refractivity contribution in [1.82, 2.24) is 4.98 Å². The Labute approximate surface area is 144 Å². The minimum Gasteiger partial charge on any atom is -0.497 e. The highest BCUT2D eigenvalue weighted by atomic mass is 32.2. The van der Waals surface area contributed by atoms with Crippen molar-refractivity contribution < 1.29 is 14.3 Å². The zero-order valence-electron chi connectivity index (χ0n) is 13.5. The second-order valence-corrected chi connectivity index (χ2v) is 6.13. The maximum absolute atomic E-state index is 12.6. The highest BCUT2D eigenvalue weighted by Gasteiger charge is 2.14. The van der Waals surface area contributed by atoms with Crippen molar-refractivity contribution >= 4 is 28.4 Å².